The molecule has 6 rings (SSSR count). The van der Waals surface area contributed by atoms with Crippen LogP contribution in [0.15, 0.2) is 30.5 Å². The van der Waals surface area contributed by atoms with Crippen molar-refractivity contribution in [1.82, 2.24) is 24.1 Å². The zero-order valence-corrected chi connectivity index (χ0v) is 18.9. The molecule has 0 spiro atoms. The number of amides is 1. The van der Waals surface area contributed by atoms with Gasteiger partial charge >= 0.3 is 0 Å². The first-order valence-electron chi connectivity index (χ1n) is 10.5. The molecule has 9 heteroatoms. The van der Waals surface area contributed by atoms with E-state index in [0.29, 0.717) is 12.4 Å². The molecule has 0 fully saturated rings. The van der Waals surface area contributed by atoms with E-state index in [1.165, 1.54) is 10.4 Å². The van der Waals surface area contributed by atoms with Gasteiger partial charge in [-0.05, 0) is 32.4 Å². The summed E-state index contributed by atoms with van der Waals surface area (Å²) < 4.78 is 9.70. The van der Waals surface area contributed by atoms with Gasteiger partial charge in [0.25, 0.3) is 0 Å². The number of hydrogen-bond acceptors (Lipinski definition) is 6. The summed E-state index contributed by atoms with van der Waals surface area (Å²) in [4.78, 5) is 23.6. The van der Waals surface area contributed by atoms with Gasteiger partial charge in [-0.15, -0.1) is 16.4 Å². The third kappa shape index (κ3) is 2.85. The van der Waals surface area contributed by atoms with Gasteiger partial charge in [-0.25, -0.2) is 9.97 Å². The molecule has 1 aliphatic rings. The lowest BCUT2D eigenvalue weighted by atomic mass is 9.94. The number of aryl methyl sites for hydroxylation is 1. The first kappa shape index (κ1) is 19.4. The van der Waals surface area contributed by atoms with Crippen molar-refractivity contribution < 1.29 is 9.53 Å². The van der Waals surface area contributed by atoms with E-state index in [9.17, 15) is 4.79 Å². The molecule has 4 aromatic heterocycles. The number of primary amides is 1. The van der Waals surface area contributed by atoms with Crippen LogP contribution in [0.1, 0.15) is 30.1 Å². The molecule has 1 aliphatic heterocycles. The summed E-state index contributed by atoms with van der Waals surface area (Å²) in [6.07, 6.45) is 2.72. The highest BCUT2D eigenvalue weighted by Crippen LogP contribution is 2.40. The van der Waals surface area contributed by atoms with Crippen molar-refractivity contribution in [3.05, 3.63) is 46.7 Å². The van der Waals surface area contributed by atoms with Crippen molar-refractivity contribution in [1.29, 1.82) is 0 Å². The quantitative estimate of drug-likeness (QED) is 0.456. The number of fused-ring (bicyclic) bond motifs is 6. The summed E-state index contributed by atoms with van der Waals surface area (Å²) in [5.74, 6) is 0.996. The van der Waals surface area contributed by atoms with Crippen molar-refractivity contribution in [2.24, 2.45) is 5.73 Å². The second-order valence-corrected chi connectivity index (χ2v) is 9.98. The minimum absolute atomic E-state index is 0.103. The van der Waals surface area contributed by atoms with Crippen LogP contribution in [0, 0.1) is 6.92 Å². The van der Waals surface area contributed by atoms with Crippen LogP contribution in [0.2, 0.25) is 0 Å². The molecule has 0 atom stereocenters. The first-order valence-corrected chi connectivity index (χ1v) is 11.3. The number of carbonyl (C=O) groups is 1. The molecule has 162 valence electrons. The highest BCUT2D eigenvalue weighted by Gasteiger charge is 2.31. The van der Waals surface area contributed by atoms with Crippen molar-refractivity contribution in [3.8, 4) is 11.4 Å². The van der Waals surface area contributed by atoms with E-state index in [1.54, 1.807) is 11.3 Å². The summed E-state index contributed by atoms with van der Waals surface area (Å²) in [5.41, 5.74) is 9.10. The van der Waals surface area contributed by atoms with Gasteiger partial charge in [0, 0.05) is 34.0 Å². The number of rotatable bonds is 3. The Morgan fingerprint density at radius 2 is 2.09 bits per heavy atom. The molecule has 0 bridgehead atoms. The maximum atomic E-state index is 11.6. The lowest BCUT2D eigenvalue weighted by Crippen LogP contribution is -2.31. The van der Waals surface area contributed by atoms with Gasteiger partial charge in [-0.2, -0.15) is 4.52 Å². The molecule has 5 heterocycles. The number of ether oxygens (including phenoxy) is 1. The summed E-state index contributed by atoms with van der Waals surface area (Å²) >= 11 is 1.68. The average molecular weight is 447 g/mol. The Kier molecular flexibility index (Phi) is 4.00. The second-order valence-electron chi connectivity index (χ2n) is 8.89. The molecule has 0 aliphatic carbocycles. The zero-order chi connectivity index (χ0) is 22.2. The Hall–Kier alpha value is -3.30. The standard InChI is InChI=1S/C23H22N6O2S/c1-12-25-22-19(14-8-23(2,3)31-11-17(14)32-22)21-26-20(27-29(12)21)15-9-28(10-18(24)30)16-7-5-4-6-13(15)16/h4-7,9H,8,10-11H2,1-3H3,(H2,24,30). The summed E-state index contributed by atoms with van der Waals surface area (Å²) in [5, 5.41) is 6.87. The fraction of sp³-hybridized carbons (Fsp3) is 0.304. The zero-order valence-electron chi connectivity index (χ0n) is 18.0. The van der Waals surface area contributed by atoms with Crippen LogP contribution in [-0.4, -0.2) is 35.7 Å². The van der Waals surface area contributed by atoms with Gasteiger partial charge in [0.05, 0.1) is 17.6 Å². The van der Waals surface area contributed by atoms with E-state index in [2.05, 4.69) is 13.8 Å². The highest BCUT2D eigenvalue weighted by molar-refractivity contribution is 7.19. The molecular weight excluding hydrogens is 424 g/mol. The van der Waals surface area contributed by atoms with E-state index in [4.69, 9.17) is 25.5 Å². The molecule has 8 nitrogen and oxygen atoms in total. The number of nitrogens with zero attached hydrogens (tertiary/aromatic N) is 5. The van der Waals surface area contributed by atoms with Crippen LogP contribution in [-0.2, 0) is 29.1 Å². The van der Waals surface area contributed by atoms with Crippen molar-refractivity contribution in [3.63, 3.8) is 0 Å². The number of thiophene rings is 1. The fourth-order valence-corrected chi connectivity index (χ4v) is 5.72. The summed E-state index contributed by atoms with van der Waals surface area (Å²) in [6, 6.07) is 7.90. The number of aromatic nitrogens is 5. The Morgan fingerprint density at radius 3 is 2.91 bits per heavy atom. The maximum absolute atomic E-state index is 11.6. The third-order valence-corrected chi connectivity index (χ3v) is 7.12. The molecule has 32 heavy (non-hydrogen) atoms. The van der Waals surface area contributed by atoms with E-state index in [1.807, 2.05) is 46.5 Å². The predicted octanol–water partition coefficient (Wildman–Crippen LogP) is 3.61. The van der Waals surface area contributed by atoms with Crippen LogP contribution in [0.25, 0.3) is 38.2 Å². The summed E-state index contributed by atoms with van der Waals surface area (Å²) in [6.45, 7) is 6.87. The van der Waals surface area contributed by atoms with Gasteiger partial charge in [-0.1, -0.05) is 18.2 Å². The Labute approximate surface area is 187 Å². The smallest absolute Gasteiger partial charge is 0.237 e. The highest BCUT2D eigenvalue weighted by atomic mass is 32.1. The van der Waals surface area contributed by atoms with Gasteiger partial charge in [0.2, 0.25) is 5.91 Å². The Morgan fingerprint density at radius 1 is 1.28 bits per heavy atom. The predicted molar refractivity (Wildman–Crippen MR) is 124 cm³/mol. The molecule has 1 aromatic carbocycles. The molecule has 0 radical (unpaired) electrons. The lowest BCUT2D eigenvalue weighted by Gasteiger charge is -2.30. The topological polar surface area (TPSA) is 100 Å². The van der Waals surface area contributed by atoms with Crippen LogP contribution in [0.3, 0.4) is 0 Å². The normalized spacial score (nSPS) is 15.6. The monoisotopic (exact) mass is 446 g/mol. The van der Waals surface area contributed by atoms with E-state index in [0.717, 1.165) is 44.6 Å². The van der Waals surface area contributed by atoms with Crippen LogP contribution >= 0.6 is 11.3 Å². The van der Waals surface area contributed by atoms with E-state index < -0.39 is 5.91 Å². The summed E-state index contributed by atoms with van der Waals surface area (Å²) in [7, 11) is 0. The second kappa shape index (κ2) is 6.60. The van der Waals surface area contributed by atoms with Crippen LogP contribution in [0.5, 0.6) is 0 Å². The number of nitrogens with two attached hydrogens (primary N) is 1. The Bertz CT molecular complexity index is 1560. The first-order chi connectivity index (χ1) is 15.3. The minimum atomic E-state index is -0.392. The molecule has 2 N–H and O–H groups in total. The van der Waals surface area contributed by atoms with Gasteiger partial charge in [0.15, 0.2) is 11.5 Å². The fourth-order valence-electron chi connectivity index (χ4n) is 4.58. The number of benzene rings is 1. The third-order valence-electron chi connectivity index (χ3n) is 6.02. The van der Waals surface area contributed by atoms with E-state index in [-0.39, 0.29) is 12.1 Å². The largest absolute Gasteiger partial charge is 0.370 e. The molecule has 0 saturated carbocycles. The van der Waals surface area contributed by atoms with E-state index >= 15 is 0 Å². The van der Waals surface area contributed by atoms with Crippen molar-refractivity contribution in [2.75, 3.05) is 0 Å². The van der Waals surface area contributed by atoms with Crippen molar-refractivity contribution >= 4 is 44.0 Å². The Balaban J connectivity index is 1.61. The van der Waals surface area contributed by atoms with Gasteiger partial charge < -0.3 is 15.0 Å². The maximum Gasteiger partial charge on any atom is 0.237 e. The average Bonchev–Trinajstić information content (AvgIpc) is 3.41. The number of hydrogen-bond donors (Lipinski definition) is 1. The molecular formula is C23H22N6O2S. The lowest BCUT2D eigenvalue weighted by molar-refractivity contribution is -0.118. The number of para-hydroxylation sites is 1. The minimum Gasteiger partial charge on any atom is -0.370 e. The molecule has 0 unspecified atom stereocenters. The molecule has 5 aromatic rings. The van der Waals surface area contributed by atoms with Crippen LogP contribution in [0.4, 0.5) is 0 Å². The number of carbonyl (C=O) groups excluding carboxylic acids is 1. The SMILES string of the molecule is Cc1nc2sc3c(c2c2nc(-c4cn(CC(N)=O)c5ccccc45)nn12)CC(C)(C)OC3. The van der Waals surface area contributed by atoms with Crippen LogP contribution < -0.4 is 5.73 Å². The van der Waals surface area contributed by atoms with Gasteiger partial charge in [-0.3, -0.25) is 4.79 Å². The molecule has 0 saturated heterocycles. The van der Waals surface area contributed by atoms with Crippen molar-refractivity contribution in [2.45, 2.75) is 45.9 Å². The van der Waals surface area contributed by atoms with Gasteiger partial charge in [0.1, 0.15) is 17.2 Å². The molecule has 1 amide bonds.